The van der Waals surface area contributed by atoms with E-state index in [-0.39, 0.29) is 6.03 Å². The minimum absolute atomic E-state index is 0.167. The van der Waals surface area contributed by atoms with Gasteiger partial charge in [-0.1, -0.05) is 30.3 Å². The third kappa shape index (κ3) is 4.49. The Morgan fingerprint density at radius 1 is 1.04 bits per heavy atom. The zero-order valence-electron chi connectivity index (χ0n) is 15.2. The number of fused-ring (bicyclic) bond motifs is 1. The van der Waals surface area contributed by atoms with Crippen LogP contribution in [0.25, 0.3) is 0 Å². The summed E-state index contributed by atoms with van der Waals surface area (Å²) in [6.45, 7) is 2.62. The summed E-state index contributed by atoms with van der Waals surface area (Å²) in [4.78, 5) is 16.0. The molecule has 0 fully saturated rings. The second-order valence-electron chi connectivity index (χ2n) is 6.70. The highest BCUT2D eigenvalue weighted by atomic mass is 32.1. The Labute approximate surface area is 163 Å². The maximum absolute atomic E-state index is 12.1. The molecule has 2 amide bonds. The van der Waals surface area contributed by atoms with Gasteiger partial charge in [-0.25, -0.2) is 4.79 Å². The van der Waals surface area contributed by atoms with Crippen LogP contribution < -0.4 is 15.5 Å². The first kappa shape index (κ1) is 17.6. The Morgan fingerprint density at radius 2 is 1.85 bits per heavy atom. The highest BCUT2D eigenvalue weighted by Gasteiger charge is 2.17. The molecular formula is C22H23N3OS. The number of hydrogen-bond donors (Lipinski definition) is 2. The largest absolute Gasteiger partial charge is 0.367 e. The van der Waals surface area contributed by atoms with Crippen molar-refractivity contribution in [3.05, 3.63) is 82.0 Å². The van der Waals surface area contributed by atoms with Crippen LogP contribution in [0.1, 0.15) is 16.0 Å². The number of thiophene rings is 1. The fourth-order valence-corrected chi connectivity index (χ4v) is 4.25. The molecule has 0 aliphatic carbocycles. The first-order chi connectivity index (χ1) is 13.3. The maximum atomic E-state index is 12.1. The molecule has 1 aliphatic rings. The van der Waals surface area contributed by atoms with Crippen LogP contribution in [-0.2, 0) is 19.4 Å². The predicted octanol–water partition coefficient (Wildman–Crippen LogP) is 4.68. The van der Waals surface area contributed by atoms with Gasteiger partial charge in [-0.05, 0) is 59.7 Å². The van der Waals surface area contributed by atoms with Gasteiger partial charge in [-0.3, -0.25) is 0 Å². The fourth-order valence-electron chi connectivity index (χ4n) is 3.36. The third-order valence-corrected chi connectivity index (χ3v) is 5.86. The number of urea groups is 1. The average Bonchev–Trinajstić information content (AvgIpc) is 3.17. The van der Waals surface area contributed by atoms with Crippen molar-refractivity contribution in [1.82, 2.24) is 5.32 Å². The second-order valence-corrected chi connectivity index (χ2v) is 7.70. The zero-order chi connectivity index (χ0) is 18.5. The van der Waals surface area contributed by atoms with E-state index in [1.54, 1.807) is 0 Å². The van der Waals surface area contributed by atoms with Crippen molar-refractivity contribution in [2.24, 2.45) is 0 Å². The molecule has 2 N–H and O–H groups in total. The van der Waals surface area contributed by atoms with E-state index < -0.39 is 0 Å². The number of carbonyl (C=O) groups excluding carboxylic acids is 1. The number of nitrogens with zero attached hydrogens (tertiary/aromatic N) is 1. The van der Waals surface area contributed by atoms with Crippen LogP contribution >= 0.6 is 11.3 Å². The van der Waals surface area contributed by atoms with E-state index in [1.165, 1.54) is 21.7 Å². The standard InChI is InChI=1S/C22H23N3OS/c26-22(23-13-10-17-4-2-1-3-5-17)24-19-6-8-20(9-7-19)25-14-11-21-18(16-25)12-15-27-21/h1-9,12,15H,10-11,13-14,16H2,(H2,23,24,26). The summed E-state index contributed by atoms with van der Waals surface area (Å²) in [5.41, 5.74) is 4.66. The van der Waals surface area contributed by atoms with Crippen molar-refractivity contribution in [2.75, 3.05) is 23.3 Å². The van der Waals surface area contributed by atoms with Crippen molar-refractivity contribution in [3.63, 3.8) is 0 Å². The molecule has 27 heavy (non-hydrogen) atoms. The van der Waals surface area contributed by atoms with Gasteiger partial charge in [0.15, 0.2) is 0 Å². The molecule has 3 aromatic rings. The van der Waals surface area contributed by atoms with Gasteiger partial charge in [0.1, 0.15) is 0 Å². The summed E-state index contributed by atoms with van der Waals surface area (Å²) in [5.74, 6) is 0. The van der Waals surface area contributed by atoms with Crippen LogP contribution in [0, 0.1) is 0 Å². The Bertz CT molecular complexity index is 889. The van der Waals surface area contributed by atoms with Crippen molar-refractivity contribution in [1.29, 1.82) is 0 Å². The SMILES string of the molecule is O=C(NCCc1ccccc1)Nc1ccc(N2CCc3sccc3C2)cc1. The Kier molecular flexibility index (Phi) is 5.39. The molecule has 0 saturated carbocycles. The zero-order valence-corrected chi connectivity index (χ0v) is 16.0. The molecular weight excluding hydrogens is 354 g/mol. The Morgan fingerprint density at radius 3 is 2.67 bits per heavy atom. The summed E-state index contributed by atoms with van der Waals surface area (Å²) in [5, 5.41) is 7.99. The van der Waals surface area contributed by atoms with Gasteiger partial charge < -0.3 is 15.5 Å². The van der Waals surface area contributed by atoms with Crippen LogP contribution in [0.3, 0.4) is 0 Å². The molecule has 4 nitrogen and oxygen atoms in total. The van der Waals surface area contributed by atoms with Crippen molar-refractivity contribution in [2.45, 2.75) is 19.4 Å². The molecule has 138 valence electrons. The van der Waals surface area contributed by atoms with Crippen LogP contribution in [0.5, 0.6) is 0 Å². The first-order valence-corrected chi connectivity index (χ1v) is 10.1. The average molecular weight is 378 g/mol. The molecule has 1 aliphatic heterocycles. The number of anilines is 2. The molecule has 5 heteroatoms. The number of rotatable bonds is 5. The van der Waals surface area contributed by atoms with E-state index in [0.717, 1.165) is 31.6 Å². The molecule has 0 radical (unpaired) electrons. The van der Waals surface area contributed by atoms with E-state index in [1.807, 2.05) is 41.7 Å². The molecule has 0 saturated heterocycles. The topological polar surface area (TPSA) is 44.4 Å². The van der Waals surface area contributed by atoms with Gasteiger partial charge in [-0.15, -0.1) is 11.3 Å². The lowest BCUT2D eigenvalue weighted by atomic mass is 10.1. The smallest absolute Gasteiger partial charge is 0.319 e. The van der Waals surface area contributed by atoms with Gasteiger partial charge in [0.05, 0.1) is 0 Å². The molecule has 0 spiro atoms. The molecule has 1 aromatic heterocycles. The summed E-state index contributed by atoms with van der Waals surface area (Å²) in [6, 6.07) is 20.3. The van der Waals surface area contributed by atoms with Gasteiger partial charge >= 0.3 is 6.03 Å². The maximum Gasteiger partial charge on any atom is 0.319 e. The molecule has 2 aromatic carbocycles. The van der Waals surface area contributed by atoms with Gasteiger partial charge in [0.2, 0.25) is 0 Å². The summed E-state index contributed by atoms with van der Waals surface area (Å²) in [6.07, 6.45) is 1.93. The van der Waals surface area contributed by atoms with Crippen molar-refractivity contribution in [3.8, 4) is 0 Å². The second kappa shape index (κ2) is 8.27. The predicted molar refractivity (Wildman–Crippen MR) is 113 cm³/mol. The van der Waals surface area contributed by atoms with E-state index in [9.17, 15) is 4.79 Å². The van der Waals surface area contributed by atoms with E-state index in [2.05, 4.69) is 51.2 Å². The number of amides is 2. The molecule has 0 unspecified atom stereocenters. The Balaban J connectivity index is 1.27. The van der Waals surface area contributed by atoms with Gasteiger partial charge in [-0.2, -0.15) is 0 Å². The van der Waals surface area contributed by atoms with E-state index in [0.29, 0.717) is 6.54 Å². The molecule has 2 heterocycles. The Hall–Kier alpha value is -2.79. The molecule has 0 bridgehead atoms. The monoisotopic (exact) mass is 377 g/mol. The molecule has 4 rings (SSSR count). The van der Waals surface area contributed by atoms with Crippen molar-refractivity contribution < 1.29 is 4.79 Å². The lowest BCUT2D eigenvalue weighted by Gasteiger charge is -2.29. The third-order valence-electron chi connectivity index (χ3n) is 4.84. The number of carbonyl (C=O) groups is 1. The number of nitrogens with one attached hydrogen (secondary N) is 2. The first-order valence-electron chi connectivity index (χ1n) is 9.27. The normalized spacial score (nSPS) is 13.1. The van der Waals surface area contributed by atoms with E-state index in [4.69, 9.17) is 0 Å². The number of hydrogen-bond acceptors (Lipinski definition) is 3. The minimum atomic E-state index is -0.167. The highest BCUT2D eigenvalue weighted by Crippen LogP contribution is 2.28. The highest BCUT2D eigenvalue weighted by molar-refractivity contribution is 7.10. The van der Waals surface area contributed by atoms with Crippen LogP contribution in [0.15, 0.2) is 66.0 Å². The van der Waals surface area contributed by atoms with Gasteiger partial charge in [0, 0.05) is 35.9 Å². The summed E-state index contributed by atoms with van der Waals surface area (Å²) >= 11 is 1.86. The lowest BCUT2D eigenvalue weighted by Crippen LogP contribution is -2.30. The van der Waals surface area contributed by atoms with Gasteiger partial charge in [0.25, 0.3) is 0 Å². The van der Waals surface area contributed by atoms with Crippen molar-refractivity contribution >= 4 is 28.7 Å². The summed E-state index contributed by atoms with van der Waals surface area (Å²) in [7, 11) is 0. The van der Waals surface area contributed by atoms with Crippen LogP contribution in [0.2, 0.25) is 0 Å². The van der Waals surface area contributed by atoms with E-state index >= 15 is 0 Å². The van der Waals surface area contributed by atoms with Crippen LogP contribution in [-0.4, -0.2) is 19.1 Å². The fraction of sp³-hybridized carbons (Fsp3) is 0.227. The quantitative estimate of drug-likeness (QED) is 0.678. The minimum Gasteiger partial charge on any atom is -0.367 e. The number of benzene rings is 2. The summed E-state index contributed by atoms with van der Waals surface area (Å²) < 4.78 is 0. The molecule has 0 atom stereocenters. The van der Waals surface area contributed by atoms with Crippen LogP contribution in [0.4, 0.5) is 16.2 Å². The lowest BCUT2D eigenvalue weighted by molar-refractivity contribution is 0.252.